The number of hydrogen-bond donors (Lipinski definition) is 0. The Labute approximate surface area is 135 Å². The van der Waals surface area contributed by atoms with E-state index in [2.05, 4.69) is 13.0 Å². The lowest BCUT2D eigenvalue weighted by atomic mass is 9.83. The monoisotopic (exact) mass is 302 g/mol. The Morgan fingerprint density at radius 1 is 0.826 bits per heavy atom. The lowest BCUT2D eigenvalue weighted by Crippen LogP contribution is -2.10. The van der Waals surface area contributed by atoms with E-state index in [1.54, 1.807) is 0 Å². The van der Waals surface area contributed by atoms with Gasteiger partial charge in [0.15, 0.2) is 5.78 Å². The van der Waals surface area contributed by atoms with E-state index >= 15 is 0 Å². The van der Waals surface area contributed by atoms with E-state index in [0.717, 1.165) is 51.6 Å². The predicted molar refractivity (Wildman–Crippen MR) is 93.2 cm³/mol. The molecule has 0 aromatic heterocycles. The molecule has 0 N–H and O–H groups in total. The third kappa shape index (κ3) is 2.14. The van der Waals surface area contributed by atoms with Gasteiger partial charge in [-0.15, -0.1) is 0 Å². The second-order valence-electron chi connectivity index (χ2n) is 5.92. The Morgan fingerprint density at radius 2 is 1.61 bits per heavy atom. The van der Waals surface area contributed by atoms with Crippen molar-refractivity contribution >= 4 is 16.6 Å². The first-order valence-electron chi connectivity index (χ1n) is 8.14. The molecule has 0 saturated carbocycles. The molecule has 0 radical (unpaired) electrons. The van der Waals surface area contributed by atoms with Gasteiger partial charge in [-0.3, -0.25) is 4.79 Å². The fourth-order valence-electron chi connectivity index (χ4n) is 3.31. The number of rotatable bonds is 4. The second-order valence-corrected chi connectivity index (χ2v) is 5.92. The van der Waals surface area contributed by atoms with E-state index in [9.17, 15) is 4.79 Å². The van der Waals surface area contributed by atoms with Gasteiger partial charge in [0.25, 0.3) is 0 Å². The van der Waals surface area contributed by atoms with Crippen LogP contribution in [0, 0.1) is 0 Å². The van der Waals surface area contributed by atoms with Crippen molar-refractivity contribution in [2.45, 2.75) is 19.8 Å². The molecule has 3 aromatic rings. The Morgan fingerprint density at radius 3 is 2.43 bits per heavy atom. The molecule has 1 aliphatic rings. The van der Waals surface area contributed by atoms with E-state index in [0.29, 0.717) is 6.61 Å². The van der Waals surface area contributed by atoms with Crippen molar-refractivity contribution in [3.8, 4) is 16.9 Å². The average molecular weight is 302 g/mol. The maximum absolute atomic E-state index is 12.8. The third-order valence-corrected chi connectivity index (χ3v) is 4.46. The van der Waals surface area contributed by atoms with Crippen LogP contribution in [-0.4, -0.2) is 12.4 Å². The van der Waals surface area contributed by atoms with Gasteiger partial charge in [0, 0.05) is 21.9 Å². The normalized spacial score (nSPS) is 12.3. The van der Waals surface area contributed by atoms with Gasteiger partial charge in [-0.05, 0) is 23.6 Å². The number of unbranched alkanes of at least 4 members (excludes halogenated alkanes) is 1. The summed E-state index contributed by atoms with van der Waals surface area (Å²) in [5, 5.41) is 2.05. The van der Waals surface area contributed by atoms with E-state index in [1.807, 2.05) is 48.5 Å². The minimum absolute atomic E-state index is 0.101. The first kappa shape index (κ1) is 14.0. The number of fused-ring (bicyclic) bond motifs is 2. The average Bonchev–Trinajstić information content (AvgIpc) is 2.60. The first-order chi connectivity index (χ1) is 11.3. The van der Waals surface area contributed by atoms with Gasteiger partial charge in [0.1, 0.15) is 5.75 Å². The lowest BCUT2D eigenvalue weighted by molar-refractivity contribution is 0.104. The molecule has 0 aliphatic heterocycles. The Hall–Kier alpha value is -2.61. The number of benzene rings is 3. The van der Waals surface area contributed by atoms with Crippen LogP contribution in [0.2, 0.25) is 0 Å². The SMILES string of the molecule is CCCCOc1ccc2c3c(cccc13)C(=O)c1ccccc1-2. The number of ether oxygens (including phenoxy) is 1. The molecular formula is C21H18O2. The van der Waals surface area contributed by atoms with Crippen LogP contribution in [0.15, 0.2) is 54.6 Å². The quantitative estimate of drug-likeness (QED) is 0.482. The molecule has 4 rings (SSSR count). The van der Waals surface area contributed by atoms with Crippen LogP contribution in [0.25, 0.3) is 21.9 Å². The first-order valence-corrected chi connectivity index (χ1v) is 8.14. The van der Waals surface area contributed by atoms with Crippen LogP contribution < -0.4 is 4.74 Å². The summed E-state index contributed by atoms with van der Waals surface area (Å²) in [6.45, 7) is 2.86. The fourth-order valence-corrected chi connectivity index (χ4v) is 3.31. The van der Waals surface area contributed by atoms with Crippen LogP contribution in [0.1, 0.15) is 35.7 Å². The molecule has 0 bridgehead atoms. The molecule has 0 saturated heterocycles. The van der Waals surface area contributed by atoms with E-state index in [-0.39, 0.29) is 5.78 Å². The second kappa shape index (κ2) is 5.54. The number of carbonyl (C=O) groups excluding carboxylic acids is 1. The van der Waals surface area contributed by atoms with Crippen molar-refractivity contribution in [2.75, 3.05) is 6.61 Å². The minimum Gasteiger partial charge on any atom is -0.493 e. The molecule has 2 heteroatoms. The van der Waals surface area contributed by atoms with Crippen molar-refractivity contribution in [3.63, 3.8) is 0 Å². The molecule has 0 amide bonds. The van der Waals surface area contributed by atoms with Crippen LogP contribution in [0.3, 0.4) is 0 Å². The van der Waals surface area contributed by atoms with Crippen molar-refractivity contribution in [2.24, 2.45) is 0 Å². The summed E-state index contributed by atoms with van der Waals surface area (Å²) in [6, 6.07) is 17.9. The van der Waals surface area contributed by atoms with Crippen molar-refractivity contribution in [1.29, 1.82) is 0 Å². The maximum atomic E-state index is 12.8. The highest BCUT2D eigenvalue weighted by Gasteiger charge is 2.25. The van der Waals surface area contributed by atoms with Crippen LogP contribution >= 0.6 is 0 Å². The van der Waals surface area contributed by atoms with Crippen LogP contribution in [-0.2, 0) is 0 Å². The van der Waals surface area contributed by atoms with Crippen molar-refractivity contribution < 1.29 is 9.53 Å². The molecule has 3 aromatic carbocycles. The maximum Gasteiger partial charge on any atom is 0.194 e. The zero-order chi connectivity index (χ0) is 15.8. The van der Waals surface area contributed by atoms with Gasteiger partial charge >= 0.3 is 0 Å². The van der Waals surface area contributed by atoms with Crippen LogP contribution in [0.4, 0.5) is 0 Å². The lowest BCUT2D eigenvalue weighted by Gasteiger charge is -2.21. The zero-order valence-electron chi connectivity index (χ0n) is 13.1. The van der Waals surface area contributed by atoms with Gasteiger partial charge < -0.3 is 4.74 Å². The summed E-state index contributed by atoms with van der Waals surface area (Å²) in [5.74, 6) is 0.968. The molecule has 0 unspecified atom stereocenters. The Kier molecular flexibility index (Phi) is 3.38. The van der Waals surface area contributed by atoms with Gasteiger partial charge in [-0.2, -0.15) is 0 Å². The van der Waals surface area contributed by atoms with Crippen LogP contribution in [0.5, 0.6) is 5.75 Å². The Bertz CT molecular complexity index is 909. The van der Waals surface area contributed by atoms with Crippen molar-refractivity contribution in [1.82, 2.24) is 0 Å². The Balaban J connectivity index is 1.96. The summed E-state index contributed by atoms with van der Waals surface area (Å²) >= 11 is 0. The highest BCUT2D eigenvalue weighted by Crippen LogP contribution is 2.42. The van der Waals surface area contributed by atoms with Crippen molar-refractivity contribution in [3.05, 3.63) is 65.7 Å². The largest absolute Gasteiger partial charge is 0.493 e. The minimum atomic E-state index is 0.101. The van der Waals surface area contributed by atoms with Gasteiger partial charge in [-0.1, -0.05) is 61.9 Å². The molecule has 0 spiro atoms. The summed E-state index contributed by atoms with van der Waals surface area (Å²) in [6.07, 6.45) is 2.14. The number of ketones is 1. The third-order valence-electron chi connectivity index (χ3n) is 4.46. The molecule has 1 aliphatic carbocycles. The molecule has 23 heavy (non-hydrogen) atoms. The molecule has 114 valence electrons. The van der Waals surface area contributed by atoms with E-state index < -0.39 is 0 Å². The van der Waals surface area contributed by atoms with E-state index in [4.69, 9.17) is 4.74 Å². The van der Waals surface area contributed by atoms with Gasteiger partial charge in [0.2, 0.25) is 0 Å². The number of hydrogen-bond acceptors (Lipinski definition) is 2. The smallest absolute Gasteiger partial charge is 0.194 e. The molecule has 0 heterocycles. The standard InChI is InChI=1S/C21H18O2/c1-2-3-13-23-19-12-11-15-14-7-4-5-8-16(14)21(22)18-10-6-9-17(19)20(15)18/h4-12H,2-3,13H2,1H3. The number of carbonyl (C=O) groups is 1. The summed E-state index contributed by atoms with van der Waals surface area (Å²) < 4.78 is 5.95. The zero-order valence-corrected chi connectivity index (χ0v) is 13.1. The summed E-state index contributed by atoms with van der Waals surface area (Å²) in [4.78, 5) is 12.8. The highest BCUT2D eigenvalue weighted by atomic mass is 16.5. The summed E-state index contributed by atoms with van der Waals surface area (Å²) in [7, 11) is 0. The highest BCUT2D eigenvalue weighted by molar-refractivity contribution is 6.26. The topological polar surface area (TPSA) is 26.3 Å². The van der Waals surface area contributed by atoms with E-state index in [1.165, 1.54) is 0 Å². The van der Waals surface area contributed by atoms with Gasteiger partial charge in [0.05, 0.1) is 6.61 Å². The summed E-state index contributed by atoms with van der Waals surface area (Å²) in [5.41, 5.74) is 3.69. The molecule has 2 nitrogen and oxygen atoms in total. The van der Waals surface area contributed by atoms with Gasteiger partial charge in [-0.25, -0.2) is 0 Å². The molecule has 0 fully saturated rings. The molecular weight excluding hydrogens is 284 g/mol. The fraction of sp³-hybridized carbons (Fsp3) is 0.190. The predicted octanol–water partition coefficient (Wildman–Crippen LogP) is 5.23. The molecule has 0 atom stereocenters.